The van der Waals surface area contributed by atoms with Crippen molar-refractivity contribution in [1.82, 2.24) is 14.6 Å². The molecule has 30 heavy (non-hydrogen) atoms. The van der Waals surface area contributed by atoms with Gasteiger partial charge in [0, 0.05) is 11.6 Å². The lowest BCUT2D eigenvalue weighted by Gasteiger charge is -2.03. The number of furan rings is 1. The number of halogens is 1. The molecule has 148 valence electrons. The number of fused-ring (bicyclic) bond motifs is 1. The van der Waals surface area contributed by atoms with Gasteiger partial charge in [0.1, 0.15) is 27.6 Å². The highest BCUT2D eigenvalue weighted by Crippen LogP contribution is 2.27. The second-order valence-corrected chi connectivity index (χ2v) is 7.46. The molecule has 0 N–H and O–H groups in total. The second kappa shape index (κ2) is 7.23. The Balaban J connectivity index is 1.52. The molecular formula is C22H14FN3O3S. The molecule has 5 aromatic rings. The Bertz CT molecular complexity index is 1470. The lowest BCUT2D eigenvalue weighted by atomic mass is 10.2. The summed E-state index contributed by atoms with van der Waals surface area (Å²) < 4.78 is 26.0. The van der Waals surface area contributed by atoms with Crippen molar-refractivity contribution in [3.8, 4) is 28.5 Å². The van der Waals surface area contributed by atoms with Crippen LogP contribution in [0.15, 0.2) is 69.9 Å². The number of hydrogen-bond donors (Lipinski definition) is 0. The van der Waals surface area contributed by atoms with Crippen LogP contribution in [-0.2, 0) is 0 Å². The SMILES string of the molecule is COc1ccccc1-c1nc2sc(=Cc3ccc(-c4ccc(F)cc4)o3)c(=O)n2n1. The summed E-state index contributed by atoms with van der Waals surface area (Å²) in [6.45, 7) is 0. The van der Waals surface area contributed by atoms with E-state index in [-0.39, 0.29) is 11.4 Å². The third-order valence-electron chi connectivity index (χ3n) is 4.56. The minimum atomic E-state index is -0.310. The van der Waals surface area contributed by atoms with Crippen LogP contribution in [0.4, 0.5) is 4.39 Å². The van der Waals surface area contributed by atoms with Gasteiger partial charge in [-0.05, 0) is 48.5 Å². The number of ether oxygens (including phenoxy) is 1. The fourth-order valence-corrected chi connectivity index (χ4v) is 3.99. The van der Waals surface area contributed by atoms with Gasteiger partial charge in [-0.1, -0.05) is 23.5 Å². The molecule has 3 heterocycles. The molecule has 0 amide bonds. The van der Waals surface area contributed by atoms with Crippen LogP contribution >= 0.6 is 11.3 Å². The summed E-state index contributed by atoms with van der Waals surface area (Å²) in [5, 5.41) is 4.35. The molecule has 5 rings (SSSR count). The van der Waals surface area contributed by atoms with E-state index in [4.69, 9.17) is 9.15 Å². The van der Waals surface area contributed by atoms with Crippen molar-refractivity contribution in [2.24, 2.45) is 0 Å². The van der Waals surface area contributed by atoms with Gasteiger partial charge in [0.05, 0.1) is 12.7 Å². The summed E-state index contributed by atoms with van der Waals surface area (Å²) >= 11 is 1.23. The van der Waals surface area contributed by atoms with E-state index in [1.165, 1.54) is 28.0 Å². The summed E-state index contributed by atoms with van der Waals surface area (Å²) in [5.41, 5.74) is 1.20. The first kappa shape index (κ1) is 18.3. The Morgan fingerprint density at radius 2 is 1.90 bits per heavy atom. The third-order valence-corrected chi connectivity index (χ3v) is 5.52. The number of nitrogens with zero attached hydrogens (tertiary/aromatic N) is 3. The summed E-state index contributed by atoms with van der Waals surface area (Å²) in [7, 11) is 1.58. The fraction of sp³-hybridized carbons (Fsp3) is 0.0455. The normalized spacial score (nSPS) is 12.0. The Kier molecular flexibility index (Phi) is 4.40. The highest BCUT2D eigenvalue weighted by molar-refractivity contribution is 7.15. The summed E-state index contributed by atoms with van der Waals surface area (Å²) in [6, 6.07) is 16.9. The minimum Gasteiger partial charge on any atom is -0.496 e. The molecule has 0 bridgehead atoms. The van der Waals surface area contributed by atoms with Crippen LogP contribution in [0.5, 0.6) is 5.75 Å². The van der Waals surface area contributed by atoms with E-state index in [1.54, 1.807) is 37.5 Å². The molecule has 0 saturated carbocycles. The molecule has 6 nitrogen and oxygen atoms in total. The van der Waals surface area contributed by atoms with Gasteiger partial charge in [-0.15, -0.1) is 5.10 Å². The predicted octanol–water partition coefficient (Wildman–Crippen LogP) is 3.77. The standard InChI is InChI=1S/C22H14FN3O3S/c1-28-18-5-3-2-4-16(18)20-24-22-26(25-20)21(27)19(30-22)12-15-10-11-17(29-15)13-6-8-14(23)9-7-13/h2-12H,1H3. The summed E-state index contributed by atoms with van der Waals surface area (Å²) in [5.74, 6) is 1.86. The van der Waals surface area contributed by atoms with E-state index in [1.807, 2.05) is 24.3 Å². The number of thiazole rings is 1. The van der Waals surface area contributed by atoms with Crippen molar-refractivity contribution in [2.45, 2.75) is 0 Å². The molecule has 3 aromatic heterocycles. The highest BCUT2D eigenvalue weighted by Gasteiger charge is 2.15. The van der Waals surface area contributed by atoms with Crippen LogP contribution in [0, 0.1) is 5.82 Å². The molecule has 0 aliphatic rings. The monoisotopic (exact) mass is 419 g/mol. The zero-order valence-electron chi connectivity index (χ0n) is 15.7. The van der Waals surface area contributed by atoms with Crippen molar-refractivity contribution >= 4 is 22.4 Å². The zero-order chi connectivity index (χ0) is 20.7. The average molecular weight is 419 g/mol. The van der Waals surface area contributed by atoms with Gasteiger partial charge in [-0.3, -0.25) is 4.79 Å². The van der Waals surface area contributed by atoms with Crippen LogP contribution < -0.4 is 14.8 Å². The van der Waals surface area contributed by atoms with Gasteiger partial charge in [0.25, 0.3) is 5.56 Å². The molecule has 0 radical (unpaired) electrons. The maximum Gasteiger partial charge on any atom is 0.291 e. The maximum atomic E-state index is 13.1. The number of rotatable bonds is 4. The van der Waals surface area contributed by atoms with Gasteiger partial charge in [0.15, 0.2) is 5.82 Å². The molecule has 8 heteroatoms. The molecule has 0 aliphatic carbocycles. The van der Waals surface area contributed by atoms with E-state index in [0.717, 1.165) is 11.1 Å². The number of aromatic nitrogens is 3. The molecule has 0 spiro atoms. The topological polar surface area (TPSA) is 69.6 Å². The Morgan fingerprint density at radius 3 is 2.67 bits per heavy atom. The van der Waals surface area contributed by atoms with E-state index < -0.39 is 0 Å². The number of para-hydroxylation sites is 1. The summed E-state index contributed by atoms with van der Waals surface area (Å²) in [4.78, 5) is 17.7. The Labute approximate surface area is 173 Å². The molecule has 2 aromatic carbocycles. The molecule has 0 saturated heterocycles. The first-order valence-electron chi connectivity index (χ1n) is 9.03. The van der Waals surface area contributed by atoms with Crippen molar-refractivity contribution in [2.75, 3.05) is 7.11 Å². The lowest BCUT2D eigenvalue weighted by molar-refractivity contribution is 0.416. The first-order chi connectivity index (χ1) is 14.6. The molecule has 0 aliphatic heterocycles. The molecule has 0 atom stereocenters. The van der Waals surface area contributed by atoms with E-state index >= 15 is 0 Å². The van der Waals surface area contributed by atoms with Crippen molar-refractivity contribution in [3.05, 3.63) is 87.1 Å². The Hall–Kier alpha value is -3.78. The largest absolute Gasteiger partial charge is 0.496 e. The molecular weight excluding hydrogens is 405 g/mol. The maximum absolute atomic E-state index is 13.1. The highest BCUT2D eigenvalue weighted by atomic mass is 32.1. The van der Waals surface area contributed by atoms with Crippen LogP contribution in [-0.4, -0.2) is 21.7 Å². The van der Waals surface area contributed by atoms with Crippen LogP contribution in [0.1, 0.15) is 5.76 Å². The van der Waals surface area contributed by atoms with Crippen LogP contribution in [0.3, 0.4) is 0 Å². The van der Waals surface area contributed by atoms with Crippen molar-refractivity contribution < 1.29 is 13.5 Å². The smallest absolute Gasteiger partial charge is 0.291 e. The summed E-state index contributed by atoms with van der Waals surface area (Å²) in [6.07, 6.45) is 1.65. The predicted molar refractivity (Wildman–Crippen MR) is 112 cm³/mol. The van der Waals surface area contributed by atoms with Crippen LogP contribution in [0.2, 0.25) is 0 Å². The van der Waals surface area contributed by atoms with Gasteiger partial charge < -0.3 is 9.15 Å². The lowest BCUT2D eigenvalue weighted by Crippen LogP contribution is -2.23. The average Bonchev–Trinajstić information content (AvgIpc) is 3.46. The first-order valence-corrected chi connectivity index (χ1v) is 9.84. The van der Waals surface area contributed by atoms with Gasteiger partial charge in [0.2, 0.25) is 4.96 Å². The quantitative estimate of drug-likeness (QED) is 0.444. The van der Waals surface area contributed by atoms with Gasteiger partial charge in [-0.25, -0.2) is 4.39 Å². The number of benzene rings is 2. The van der Waals surface area contributed by atoms with Crippen molar-refractivity contribution in [1.29, 1.82) is 0 Å². The number of methoxy groups -OCH3 is 1. The zero-order valence-corrected chi connectivity index (χ0v) is 16.5. The second-order valence-electron chi connectivity index (χ2n) is 6.45. The van der Waals surface area contributed by atoms with E-state index in [0.29, 0.717) is 32.6 Å². The van der Waals surface area contributed by atoms with E-state index in [9.17, 15) is 9.18 Å². The molecule has 0 unspecified atom stereocenters. The van der Waals surface area contributed by atoms with Crippen LogP contribution in [0.25, 0.3) is 33.7 Å². The van der Waals surface area contributed by atoms with Crippen molar-refractivity contribution in [3.63, 3.8) is 0 Å². The minimum absolute atomic E-state index is 0.275. The Morgan fingerprint density at radius 1 is 1.10 bits per heavy atom. The number of hydrogen-bond acceptors (Lipinski definition) is 6. The fourth-order valence-electron chi connectivity index (χ4n) is 3.11. The van der Waals surface area contributed by atoms with Gasteiger partial charge in [-0.2, -0.15) is 9.50 Å². The van der Waals surface area contributed by atoms with Gasteiger partial charge >= 0.3 is 0 Å². The third kappa shape index (κ3) is 3.17. The molecule has 0 fully saturated rings. The van der Waals surface area contributed by atoms with E-state index in [2.05, 4.69) is 10.1 Å².